The smallest absolute Gasteiger partial charge is 0.220 e. The van der Waals surface area contributed by atoms with E-state index in [9.17, 15) is 9.90 Å². The molecule has 2 aliphatic rings. The molecule has 1 amide bonds. The van der Waals surface area contributed by atoms with Crippen LogP contribution in [0.2, 0.25) is 0 Å². The third-order valence-corrected chi connectivity index (χ3v) is 4.26. The summed E-state index contributed by atoms with van der Waals surface area (Å²) in [6, 6.07) is 8.32. The molecule has 1 aromatic rings. The zero-order chi connectivity index (χ0) is 13.9. The maximum Gasteiger partial charge on any atom is 0.220 e. The van der Waals surface area contributed by atoms with Crippen molar-refractivity contribution in [3.05, 3.63) is 29.8 Å². The van der Waals surface area contributed by atoms with Gasteiger partial charge in [0, 0.05) is 31.6 Å². The van der Waals surface area contributed by atoms with Gasteiger partial charge in [0.05, 0.1) is 0 Å². The highest BCUT2D eigenvalue weighted by molar-refractivity contribution is 5.76. The highest BCUT2D eigenvalue weighted by Crippen LogP contribution is 2.29. The van der Waals surface area contributed by atoms with Crippen molar-refractivity contribution in [1.82, 2.24) is 10.2 Å². The summed E-state index contributed by atoms with van der Waals surface area (Å²) in [6.07, 6.45) is 4.76. The van der Waals surface area contributed by atoms with Gasteiger partial charge < -0.3 is 10.4 Å². The van der Waals surface area contributed by atoms with Gasteiger partial charge in [0.15, 0.2) is 0 Å². The summed E-state index contributed by atoms with van der Waals surface area (Å²) in [7, 11) is 0. The van der Waals surface area contributed by atoms with Crippen LogP contribution in [0.25, 0.3) is 0 Å². The molecule has 0 aromatic heterocycles. The van der Waals surface area contributed by atoms with Crippen LogP contribution in [0.1, 0.15) is 31.2 Å². The van der Waals surface area contributed by atoms with Crippen LogP contribution in [0.5, 0.6) is 5.75 Å². The van der Waals surface area contributed by atoms with Crippen molar-refractivity contribution in [2.24, 2.45) is 0 Å². The van der Waals surface area contributed by atoms with E-state index >= 15 is 0 Å². The average Bonchev–Trinajstić information content (AvgIpc) is 3.19. The average molecular weight is 274 g/mol. The Morgan fingerprint density at radius 1 is 1.30 bits per heavy atom. The molecule has 1 aromatic carbocycles. The topological polar surface area (TPSA) is 52.6 Å². The molecule has 2 N–H and O–H groups in total. The van der Waals surface area contributed by atoms with Crippen LogP contribution in [-0.4, -0.2) is 41.1 Å². The Hall–Kier alpha value is -1.55. The Morgan fingerprint density at radius 3 is 2.85 bits per heavy atom. The second-order valence-electron chi connectivity index (χ2n) is 5.91. The number of amides is 1. The number of para-hydroxylation sites is 1. The predicted molar refractivity (Wildman–Crippen MR) is 77.6 cm³/mol. The first-order valence-electron chi connectivity index (χ1n) is 7.52. The standard InChI is InChI=1S/C16H22N2O2/c19-15-4-2-1-3-12(15)5-8-16(20)17-13-9-10-18(11-13)14-6-7-14/h1-4,13-14,19H,5-11H2,(H,17,20)/t13-/m0/s1. The molecule has 1 atom stereocenters. The molecule has 1 aliphatic heterocycles. The van der Waals surface area contributed by atoms with Gasteiger partial charge >= 0.3 is 0 Å². The van der Waals surface area contributed by atoms with E-state index in [2.05, 4.69) is 10.2 Å². The molecule has 1 saturated carbocycles. The summed E-state index contributed by atoms with van der Waals surface area (Å²) in [4.78, 5) is 14.5. The number of likely N-dealkylation sites (tertiary alicyclic amines) is 1. The van der Waals surface area contributed by atoms with Crippen LogP contribution in [0.4, 0.5) is 0 Å². The second kappa shape index (κ2) is 5.83. The summed E-state index contributed by atoms with van der Waals surface area (Å²) < 4.78 is 0. The van der Waals surface area contributed by atoms with Crippen molar-refractivity contribution in [2.75, 3.05) is 13.1 Å². The molecule has 108 valence electrons. The van der Waals surface area contributed by atoms with Crippen molar-refractivity contribution >= 4 is 5.91 Å². The Morgan fingerprint density at radius 2 is 2.10 bits per heavy atom. The summed E-state index contributed by atoms with van der Waals surface area (Å²) in [6.45, 7) is 2.13. The first-order valence-corrected chi connectivity index (χ1v) is 7.52. The predicted octanol–water partition coefficient (Wildman–Crippen LogP) is 1.68. The largest absolute Gasteiger partial charge is 0.508 e. The number of hydrogen-bond donors (Lipinski definition) is 2. The third-order valence-electron chi connectivity index (χ3n) is 4.26. The minimum Gasteiger partial charge on any atom is -0.508 e. The minimum absolute atomic E-state index is 0.0934. The number of hydrogen-bond acceptors (Lipinski definition) is 3. The minimum atomic E-state index is 0.0934. The number of aromatic hydroxyl groups is 1. The number of phenols is 1. The van der Waals surface area contributed by atoms with E-state index in [-0.39, 0.29) is 11.7 Å². The van der Waals surface area contributed by atoms with Crippen molar-refractivity contribution in [3.63, 3.8) is 0 Å². The quantitative estimate of drug-likeness (QED) is 0.859. The lowest BCUT2D eigenvalue weighted by atomic mass is 10.1. The van der Waals surface area contributed by atoms with Crippen molar-refractivity contribution in [1.29, 1.82) is 0 Å². The van der Waals surface area contributed by atoms with Crippen LogP contribution < -0.4 is 5.32 Å². The third kappa shape index (κ3) is 3.31. The van der Waals surface area contributed by atoms with Gasteiger partial charge in [0.25, 0.3) is 0 Å². The number of benzene rings is 1. The Balaban J connectivity index is 1.42. The zero-order valence-corrected chi connectivity index (χ0v) is 11.7. The Kier molecular flexibility index (Phi) is 3.92. The molecule has 2 fully saturated rings. The molecule has 0 spiro atoms. The molecule has 1 heterocycles. The molecule has 20 heavy (non-hydrogen) atoms. The molecule has 0 radical (unpaired) electrons. The fraction of sp³-hybridized carbons (Fsp3) is 0.562. The van der Waals surface area contributed by atoms with E-state index in [1.807, 2.05) is 12.1 Å². The SMILES string of the molecule is O=C(CCc1ccccc1O)N[C@H]1CCN(C2CC2)C1. The van der Waals surface area contributed by atoms with E-state index < -0.39 is 0 Å². The van der Waals surface area contributed by atoms with E-state index in [0.29, 0.717) is 18.9 Å². The van der Waals surface area contributed by atoms with Crippen LogP contribution in [0.15, 0.2) is 24.3 Å². The number of phenolic OH excluding ortho intramolecular Hbond substituents is 1. The molecule has 4 heteroatoms. The molecule has 1 aliphatic carbocycles. The maximum atomic E-state index is 12.0. The fourth-order valence-corrected chi connectivity index (χ4v) is 2.95. The van der Waals surface area contributed by atoms with Crippen LogP contribution in [-0.2, 0) is 11.2 Å². The van der Waals surface area contributed by atoms with Gasteiger partial charge in [-0.2, -0.15) is 0 Å². The fourth-order valence-electron chi connectivity index (χ4n) is 2.95. The van der Waals surface area contributed by atoms with Gasteiger partial charge in [-0.1, -0.05) is 18.2 Å². The highest BCUT2D eigenvalue weighted by atomic mass is 16.3. The first-order chi connectivity index (χ1) is 9.72. The van der Waals surface area contributed by atoms with Gasteiger partial charge in [-0.25, -0.2) is 0 Å². The van der Waals surface area contributed by atoms with Crippen molar-refractivity contribution in [2.45, 2.75) is 44.2 Å². The lowest BCUT2D eigenvalue weighted by Gasteiger charge is -2.15. The monoisotopic (exact) mass is 274 g/mol. The van der Waals surface area contributed by atoms with E-state index in [1.54, 1.807) is 12.1 Å². The van der Waals surface area contributed by atoms with E-state index in [0.717, 1.165) is 31.1 Å². The molecule has 0 unspecified atom stereocenters. The maximum absolute atomic E-state index is 12.0. The number of nitrogens with one attached hydrogen (secondary N) is 1. The molecule has 1 saturated heterocycles. The summed E-state index contributed by atoms with van der Waals surface area (Å²) in [5.41, 5.74) is 0.841. The number of carbonyl (C=O) groups is 1. The summed E-state index contributed by atoms with van der Waals surface area (Å²) in [5.74, 6) is 0.372. The Bertz CT molecular complexity index is 485. The Labute approximate surface area is 119 Å². The number of rotatable bonds is 5. The molecule has 4 nitrogen and oxygen atoms in total. The van der Waals surface area contributed by atoms with Crippen molar-refractivity contribution in [3.8, 4) is 5.75 Å². The molecule has 0 bridgehead atoms. The van der Waals surface area contributed by atoms with E-state index in [1.165, 1.54) is 12.8 Å². The van der Waals surface area contributed by atoms with Gasteiger partial charge in [0.1, 0.15) is 5.75 Å². The van der Waals surface area contributed by atoms with Gasteiger partial charge in [-0.15, -0.1) is 0 Å². The number of aryl methyl sites for hydroxylation is 1. The van der Waals surface area contributed by atoms with Gasteiger partial charge in [0.2, 0.25) is 5.91 Å². The van der Waals surface area contributed by atoms with E-state index in [4.69, 9.17) is 0 Å². The first kappa shape index (κ1) is 13.4. The second-order valence-corrected chi connectivity index (χ2v) is 5.91. The van der Waals surface area contributed by atoms with Gasteiger partial charge in [-0.3, -0.25) is 9.69 Å². The zero-order valence-electron chi connectivity index (χ0n) is 11.7. The number of carbonyl (C=O) groups excluding carboxylic acids is 1. The van der Waals surface area contributed by atoms with Gasteiger partial charge in [-0.05, 0) is 37.3 Å². The molecule has 3 rings (SSSR count). The molecular formula is C16H22N2O2. The van der Waals surface area contributed by atoms with Crippen molar-refractivity contribution < 1.29 is 9.90 Å². The van der Waals surface area contributed by atoms with Crippen LogP contribution in [0.3, 0.4) is 0 Å². The normalized spacial score (nSPS) is 22.9. The van der Waals surface area contributed by atoms with Crippen LogP contribution in [0, 0.1) is 0 Å². The summed E-state index contributed by atoms with van der Waals surface area (Å²) >= 11 is 0. The lowest BCUT2D eigenvalue weighted by Crippen LogP contribution is -2.37. The molecular weight excluding hydrogens is 252 g/mol. The van der Waals surface area contributed by atoms with Crippen LogP contribution >= 0.6 is 0 Å². The number of nitrogens with zero attached hydrogens (tertiary/aromatic N) is 1. The highest BCUT2D eigenvalue weighted by Gasteiger charge is 2.34. The lowest BCUT2D eigenvalue weighted by molar-refractivity contribution is -0.121. The summed E-state index contributed by atoms with van der Waals surface area (Å²) in [5, 5.41) is 12.8.